The number of imidazole rings is 1. The Morgan fingerprint density at radius 1 is 0.941 bits per heavy atom. The minimum absolute atomic E-state index is 0.0141. The van der Waals surface area contributed by atoms with Gasteiger partial charge in [-0.1, -0.05) is 76.1 Å². The highest BCUT2D eigenvalue weighted by molar-refractivity contribution is 9.10. The molecule has 3 aromatic carbocycles. The average molecular weight is 536 g/mol. The van der Waals surface area contributed by atoms with Crippen LogP contribution in [0, 0.1) is 0 Å². The number of H-pyrrole nitrogens is 1. The van der Waals surface area contributed by atoms with Crippen LogP contribution < -0.4 is 4.90 Å². The Balaban J connectivity index is 1.52. The highest BCUT2D eigenvalue weighted by Gasteiger charge is 2.37. The normalized spacial score (nSPS) is 16.4. The Morgan fingerprint density at radius 3 is 2.38 bits per heavy atom. The molecule has 172 valence electrons. The van der Waals surface area contributed by atoms with Gasteiger partial charge >= 0.3 is 0 Å². The third-order valence-corrected chi connectivity index (χ3v) is 7.07. The molecule has 1 amide bonds. The smallest absolute Gasteiger partial charge is 0.241 e. The number of aromatic nitrogens is 2. The predicted molar refractivity (Wildman–Crippen MR) is 139 cm³/mol. The van der Waals surface area contributed by atoms with E-state index in [1.165, 1.54) is 11.1 Å². The molecule has 2 atom stereocenters. The number of carbonyl (C=O) groups is 1. The summed E-state index contributed by atoms with van der Waals surface area (Å²) < 4.78 is 1.03. The van der Waals surface area contributed by atoms with Crippen LogP contribution in [0.4, 0.5) is 5.69 Å². The number of halogens is 2. The number of piperazine rings is 1. The lowest BCUT2D eigenvalue weighted by Gasteiger charge is -2.41. The van der Waals surface area contributed by atoms with Crippen LogP contribution in [0.1, 0.15) is 28.8 Å². The van der Waals surface area contributed by atoms with Crippen LogP contribution in [-0.2, 0) is 4.79 Å². The highest BCUT2D eigenvalue weighted by Crippen LogP contribution is 2.41. The first-order chi connectivity index (χ1) is 16.6. The summed E-state index contributed by atoms with van der Waals surface area (Å²) in [5.74, 6) is 0.0703. The fourth-order valence-corrected chi connectivity index (χ4v) is 5.20. The van der Waals surface area contributed by atoms with Crippen molar-refractivity contribution in [3.8, 4) is 0 Å². The molecule has 7 heteroatoms. The summed E-state index contributed by atoms with van der Waals surface area (Å²) in [4.78, 5) is 25.1. The maximum Gasteiger partial charge on any atom is 0.241 e. The van der Waals surface area contributed by atoms with Crippen molar-refractivity contribution in [3.05, 3.63) is 118 Å². The molecule has 0 aliphatic carbocycles. The molecule has 34 heavy (non-hydrogen) atoms. The summed E-state index contributed by atoms with van der Waals surface area (Å²) in [7, 11) is 0. The number of amides is 1. The Bertz CT molecular complexity index is 1250. The molecule has 1 aliphatic rings. The van der Waals surface area contributed by atoms with Crippen molar-refractivity contribution in [1.29, 1.82) is 0 Å². The van der Waals surface area contributed by atoms with Crippen LogP contribution in [0.3, 0.4) is 0 Å². The molecule has 0 saturated carbocycles. The lowest BCUT2D eigenvalue weighted by molar-refractivity contribution is -0.122. The van der Waals surface area contributed by atoms with Gasteiger partial charge in [-0.2, -0.15) is 0 Å². The quantitative estimate of drug-likeness (QED) is 0.327. The van der Waals surface area contributed by atoms with E-state index in [9.17, 15) is 4.79 Å². The summed E-state index contributed by atoms with van der Waals surface area (Å²) in [6, 6.07) is 26.3. The molecule has 1 fully saturated rings. The van der Waals surface area contributed by atoms with E-state index in [2.05, 4.69) is 79.3 Å². The molecule has 4 aromatic rings. The summed E-state index contributed by atoms with van der Waals surface area (Å²) >= 11 is 9.74. The Morgan fingerprint density at radius 2 is 1.71 bits per heavy atom. The summed E-state index contributed by atoms with van der Waals surface area (Å²) in [5, 5.41) is 0.627. The van der Waals surface area contributed by atoms with Crippen LogP contribution in [-0.4, -0.2) is 40.4 Å². The number of hydrogen-bond donors (Lipinski definition) is 1. The monoisotopic (exact) mass is 534 g/mol. The van der Waals surface area contributed by atoms with E-state index in [0.29, 0.717) is 18.1 Å². The Labute approximate surface area is 212 Å². The molecule has 5 nitrogen and oxygen atoms in total. The van der Waals surface area contributed by atoms with Crippen LogP contribution >= 0.6 is 27.5 Å². The van der Waals surface area contributed by atoms with Crippen LogP contribution in [0.2, 0.25) is 5.02 Å². The zero-order valence-electron chi connectivity index (χ0n) is 18.4. The van der Waals surface area contributed by atoms with E-state index < -0.39 is 0 Å². The van der Waals surface area contributed by atoms with Gasteiger partial charge in [-0.05, 0) is 41.5 Å². The van der Waals surface area contributed by atoms with Crippen LogP contribution in [0.25, 0.3) is 0 Å². The molecule has 0 spiro atoms. The highest BCUT2D eigenvalue weighted by atomic mass is 79.9. The number of hydrogen-bond acceptors (Lipinski definition) is 3. The maximum atomic E-state index is 13.3. The number of nitrogens with zero attached hydrogens (tertiary/aromatic N) is 3. The van der Waals surface area contributed by atoms with E-state index in [0.717, 1.165) is 22.4 Å². The van der Waals surface area contributed by atoms with Gasteiger partial charge in [-0.3, -0.25) is 9.69 Å². The largest absolute Gasteiger partial charge is 0.347 e. The van der Waals surface area contributed by atoms with Crippen molar-refractivity contribution in [1.82, 2.24) is 14.9 Å². The summed E-state index contributed by atoms with van der Waals surface area (Å²) in [5.41, 5.74) is 4.19. The molecule has 5 rings (SSSR count). The predicted octanol–water partition coefficient (Wildman–Crippen LogP) is 6.05. The fourth-order valence-electron chi connectivity index (χ4n) is 4.75. The number of aromatic amines is 1. The number of rotatable bonds is 6. The van der Waals surface area contributed by atoms with Gasteiger partial charge < -0.3 is 9.88 Å². The molecular formula is C27H24BrClN4O. The van der Waals surface area contributed by atoms with Crippen molar-refractivity contribution < 1.29 is 4.79 Å². The van der Waals surface area contributed by atoms with Crippen LogP contribution in [0.5, 0.6) is 0 Å². The van der Waals surface area contributed by atoms with Gasteiger partial charge in [0.05, 0.1) is 24.6 Å². The molecular weight excluding hydrogens is 512 g/mol. The van der Waals surface area contributed by atoms with E-state index >= 15 is 0 Å². The minimum atomic E-state index is -0.0865. The lowest BCUT2D eigenvalue weighted by atomic mass is 9.82. The lowest BCUT2D eigenvalue weighted by Crippen LogP contribution is -2.52. The second kappa shape index (κ2) is 10.1. The number of nitrogens with one attached hydrogen (secondary N) is 1. The zero-order chi connectivity index (χ0) is 23.5. The molecule has 1 saturated heterocycles. The third-order valence-electron chi connectivity index (χ3n) is 6.31. The zero-order valence-corrected chi connectivity index (χ0v) is 20.8. The van der Waals surface area contributed by atoms with Crippen molar-refractivity contribution in [2.75, 3.05) is 24.5 Å². The Kier molecular flexibility index (Phi) is 6.81. The second-order valence-corrected chi connectivity index (χ2v) is 9.74. The molecule has 2 heterocycles. The topological polar surface area (TPSA) is 52.2 Å². The van der Waals surface area contributed by atoms with Crippen LogP contribution in [0.15, 0.2) is 95.9 Å². The van der Waals surface area contributed by atoms with Gasteiger partial charge in [-0.25, -0.2) is 4.98 Å². The number of anilines is 1. The molecule has 0 bridgehead atoms. The van der Waals surface area contributed by atoms with Crippen molar-refractivity contribution in [2.45, 2.75) is 12.0 Å². The molecule has 1 aromatic heterocycles. The van der Waals surface area contributed by atoms with Gasteiger partial charge in [0.15, 0.2) is 0 Å². The van der Waals surface area contributed by atoms with Crippen molar-refractivity contribution in [3.63, 3.8) is 0 Å². The molecule has 1 N–H and O–H groups in total. The first-order valence-electron chi connectivity index (χ1n) is 11.2. The van der Waals surface area contributed by atoms with Crippen molar-refractivity contribution >= 4 is 39.1 Å². The summed E-state index contributed by atoms with van der Waals surface area (Å²) in [6.45, 7) is 1.61. The van der Waals surface area contributed by atoms with Gasteiger partial charge in [-0.15, -0.1) is 0 Å². The Hall–Kier alpha value is -2.93. The second-order valence-electron chi connectivity index (χ2n) is 8.39. The average Bonchev–Trinajstić information content (AvgIpc) is 3.38. The third kappa shape index (κ3) is 4.80. The van der Waals surface area contributed by atoms with Gasteiger partial charge in [0.2, 0.25) is 5.91 Å². The van der Waals surface area contributed by atoms with Gasteiger partial charge in [0.1, 0.15) is 0 Å². The standard InChI is InChI=1S/C27H24BrClN4O/c28-21-11-9-20(10-12-21)26(19-5-2-1-3-6-19)27(24-16-30-18-31-24)32-13-14-33(25(34)17-32)23-8-4-7-22(29)15-23/h1-12,15-16,18,26-27H,13-14,17H2,(H,30,31). The van der Waals surface area contributed by atoms with E-state index in [-0.39, 0.29) is 17.9 Å². The minimum Gasteiger partial charge on any atom is -0.347 e. The maximum absolute atomic E-state index is 13.3. The molecule has 1 aliphatic heterocycles. The number of carbonyl (C=O) groups excluding carboxylic acids is 1. The number of benzene rings is 3. The molecule has 0 radical (unpaired) electrons. The summed E-state index contributed by atoms with van der Waals surface area (Å²) in [6.07, 6.45) is 3.57. The van der Waals surface area contributed by atoms with Gasteiger partial charge in [0.25, 0.3) is 0 Å². The van der Waals surface area contributed by atoms with E-state index in [1.807, 2.05) is 41.4 Å². The van der Waals surface area contributed by atoms with E-state index in [1.54, 1.807) is 6.33 Å². The first kappa shape index (κ1) is 22.8. The molecule has 2 unspecified atom stereocenters. The van der Waals surface area contributed by atoms with E-state index in [4.69, 9.17) is 11.6 Å². The SMILES string of the molecule is O=C1CN(C(c2cnc[nH]2)C(c2ccccc2)c2ccc(Br)cc2)CCN1c1cccc(Cl)c1. The fraction of sp³-hybridized carbons (Fsp3) is 0.185. The first-order valence-corrected chi connectivity index (χ1v) is 12.4. The van der Waals surface area contributed by atoms with Gasteiger partial charge in [0, 0.05) is 40.4 Å². The van der Waals surface area contributed by atoms with Crippen molar-refractivity contribution in [2.24, 2.45) is 0 Å².